The van der Waals surface area contributed by atoms with E-state index in [0.29, 0.717) is 24.7 Å². The van der Waals surface area contributed by atoms with E-state index in [9.17, 15) is 13.2 Å². The lowest BCUT2D eigenvalue weighted by molar-refractivity contribution is -0.125. The van der Waals surface area contributed by atoms with Gasteiger partial charge in [0.1, 0.15) is 0 Å². The van der Waals surface area contributed by atoms with Gasteiger partial charge in [0.15, 0.2) is 4.91 Å². The Morgan fingerprint density at radius 3 is 2.25 bits per heavy atom. The van der Waals surface area contributed by atoms with E-state index in [2.05, 4.69) is 13.8 Å². The number of anilines is 2. The van der Waals surface area contributed by atoms with E-state index in [1.165, 1.54) is 11.8 Å². The SMILES string of the molecule is CC(C)c1ccc(N2C=C(C(=O)N3CCCC3)S(=O)(=O)c3ccccc32)cc1. The molecule has 0 aliphatic carbocycles. The Kier molecular flexibility index (Phi) is 4.75. The Bertz CT molecular complexity index is 1030. The predicted octanol–water partition coefficient (Wildman–Crippen LogP) is 4.20. The van der Waals surface area contributed by atoms with Gasteiger partial charge in [-0.3, -0.25) is 4.79 Å². The minimum Gasteiger partial charge on any atom is -0.338 e. The molecule has 5 nitrogen and oxygen atoms in total. The van der Waals surface area contributed by atoms with E-state index in [-0.39, 0.29) is 9.80 Å². The standard InChI is InChI=1S/C22H24N2O3S/c1-16(2)17-9-11-18(12-10-17)24-15-21(22(25)23-13-5-6-14-23)28(26,27)20-8-4-3-7-19(20)24/h3-4,7-12,15-16H,5-6,13-14H2,1-2H3. The minimum absolute atomic E-state index is 0.152. The van der Waals surface area contributed by atoms with Crippen LogP contribution in [-0.4, -0.2) is 32.3 Å². The highest BCUT2D eigenvalue weighted by Crippen LogP contribution is 2.40. The van der Waals surface area contributed by atoms with Crippen LogP contribution in [0, 0.1) is 0 Å². The first-order chi connectivity index (χ1) is 13.4. The Balaban J connectivity index is 1.83. The Morgan fingerprint density at radius 2 is 1.61 bits per heavy atom. The normalized spacial score (nSPS) is 18.2. The predicted molar refractivity (Wildman–Crippen MR) is 110 cm³/mol. The van der Waals surface area contributed by atoms with Gasteiger partial charge in [-0.1, -0.05) is 38.1 Å². The summed E-state index contributed by atoms with van der Waals surface area (Å²) < 4.78 is 26.4. The van der Waals surface area contributed by atoms with Crippen LogP contribution < -0.4 is 4.90 Å². The zero-order valence-corrected chi connectivity index (χ0v) is 16.9. The molecule has 1 fully saturated rings. The number of likely N-dealkylation sites (tertiary alicyclic amines) is 1. The molecule has 0 radical (unpaired) electrons. The van der Waals surface area contributed by atoms with Crippen molar-refractivity contribution in [2.75, 3.05) is 18.0 Å². The molecular formula is C22H24N2O3S. The summed E-state index contributed by atoms with van der Waals surface area (Å²) in [7, 11) is -3.85. The summed E-state index contributed by atoms with van der Waals surface area (Å²) in [5, 5.41) is 0. The van der Waals surface area contributed by atoms with E-state index in [1.807, 2.05) is 35.2 Å². The number of carbonyl (C=O) groups excluding carboxylic acids is 1. The number of para-hydroxylation sites is 1. The maximum Gasteiger partial charge on any atom is 0.267 e. The molecule has 1 amide bonds. The summed E-state index contributed by atoms with van der Waals surface area (Å²) in [5.74, 6) is 0.00159. The number of sulfone groups is 1. The average Bonchev–Trinajstić information content (AvgIpc) is 3.23. The van der Waals surface area contributed by atoms with Crippen LogP contribution in [0.15, 0.2) is 64.5 Å². The maximum atomic E-state index is 13.2. The van der Waals surface area contributed by atoms with Crippen LogP contribution >= 0.6 is 0 Å². The van der Waals surface area contributed by atoms with Gasteiger partial charge < -0.3 is 9.80 Å². The first kappa shape index (κ1) is 18.7. The van der Waals surface area contributed by atoms with Crippen LogP contribution in [0.2, 0.25) is 0 Å². The second-order valence-electron chi connectivity index (χ2n) is 7.58. The van der Waals surface area contributed by atoms with E-state index in [0.717, 1.165) is 18.5 Å². The lowest BCUT2D eigenvalue weighted by Crippen LogP contribution is -2.35. The number of amides is 1. The molecule has 0 bridgehead atoms. The van der Waals surface area contributed by atoms with E-state index < -0.39 is 15.7 Å². The largest absolute Gasteiger partial charge is 0.338 e. The number of nitrogens with zero attached hydrogens (tertiary/aromatic N) is 2. The first-order valence-electron chi connectivity index (χ1n) is 9.64. The fourth-order valence-corrected chi connectivity index (χ4v) is 5.28. The smallest absolute Gasteiger partial charge is 0.267 e. The first-order valence-corrected chi connectivity index (χ1v) is 11.1. The molecule has 28 heavy (non-hydrogen) atoms. The van der Waals surface area contributed by atoms with Crippen molar-refractivity contribution < 1.29 is 13.2 Å². The highest BCUT2D eigenvalue weighted by Gasteiger charge is 2.38. The molecular weight excluding hydrogens is 372 g/mol. The molecule has 6 heteroatoms. The van der Waals surface area contributed by atoms with Crippen LogP contribution in [0.4, 0.5) is 11.4 Å². The molecule has 2 aromatic rings. The molecule has 0 N–H and O–H groups in total. The Labute approximate surface area is 166 Å². The van der Waals surface area contributed by atoms with Crippen LogP contribution in [0.3, 0.4) is 0 Å². The second kappa shape index (κ2) is 7.09. The molecule has 2 aliphatic rings. The van der Waals surface area contributed by atoms with Crippen molar-refractivity contribution in [1.82, 2.24) is 4.90 Å². The van der Waals surface area contributed by atoms with Gasteiger partial charge in [-0.2, -0.15) is 0 Å². The van der Waals surface area contributed by atoms with Gasteiger partial charge in [-0.05, 0) is 48.6 Å². The Morgan fingerprint density at radius 1 is 0.964 bits per heavy atom. The molecule has 2 heterocycles. The van der Waals surface area contributed by atoms with Crippen molar-refractivity contribution in [3.63, 3.8) is 0 Å². The van der Waals surface area contributed by atoms with Crippen molar-refractivity contribution >= 4 is 27.1 Å². The lowest BCUT2D eigenvalue weighted by Gasteiger charge is -2.30. The number of carbonyl (C=O) groups is 1. The molecule has 1 saturated heterocycles. The van der Waals surface area contributed by atoms with E-state index in [4.69, 9.17) is 0 Å². The summed E-state index contributed by atoms with van der Waals surface area (Å²) >= 11 is 0. The van der Waals surface area contributed by atoms with Gasteiger partial charge in [0.2, 0.25) is 9.84 Å². The van der Waals surface area contributed by atoms with Crippen molar-refractivity contribution in [3.05, 3.63) is 65.2 Å². The third-order valence-electron chi connectivity index (χ3n) is 5.39. The monoisotopic (exact) mass is 396 g/mol. The quantitative estimate of drug-likeness (QED) is 0.780. The molecule has 0 spiro atoms. The van der Waals surface area contributed by atoms with Gasteiger partial charge in [0.25, 0.3) is 5.91 Å². The van der Waals surface area contributed by atoms with Crippen LogP contribution in [0.5, 0.6) is 0 Å². The highest BCUT2D eigenvalue weighted by molar-refractivity contribution is 7.96. The third kappa shape index (κ3) is 3.11. The number of hydrogen-bond acceptors (Lipinski definition) is 4. The van der Waals surface area contributed by atoms with E-state index >= 15 is 0 Å². The molecule has 2 aliphatic heterocycles. The fourth-order valence-electron chi connectivity index (χ4n) is 3.74. The summed E-state index contributed by atoms with van der Waals surface area (Å²) in [6, 6.07) is 14.9. The molecule has 146 valence electrons. The van der Waals surface area contributed by atoms with Gasteiger partial charge in [0, 0.05) is 25.0 Å². The van der Waals surface area contributed by atoms with Gasteiger partial charge in [-0.25, -0.2) is 8.42 Å². The number of hydrogen-bond donors (Lipinski definition) is 0. The number of fused-ring (bicyclic) bond motifs is 1. The molecule has 0 saturated carbocycles. The van der Waals surface area contributed by atoms with Crippen LogP contribution in [0.25, 0.3) is 0 Å². The van der Waals surface area contributed by atoms with Gasteiger partial charge >= 0.3 is 0 Å². The average molecular weight is 397 g/mol. The summed E-state index contributed by atoms with van der Waals surface area (Å²) in [4.78, 5) is 16.5. The summed E-state index contributed by atoms with van der Waals surface area (Å²) in [6.07, 6.45) is 3.31. The van der Waals surface area contributed by atoms with Crippen molar-refractivity contribution in [2.45, 2.75) is 37.5 Å². The van der Waals surface area contributed by atoms with Crippen molar-refractivity contribution in [2.24, 2.45) is 0 Å². The molecule has 0 aromatic heterocycles. The van der Waals surface area contributed by atoms with Crippen molar-refractivity contribution in [3.8, 4) is 0 Å². The molecule has 4 rings (SSSR count). The number of benzene rings is 2. The molecule has 2 aromatic carbocycles. The van der Waals surface area contributed by atoms with Crippen LogP contribution in [-0.2, 0) is 14.6 Å². The second-order valence-corrected chi connectivity index (χ2v) is 9.47. The minimum atomic E-state index is -3.85. The topological polar surface area (TPSA) is 57.7 Å². The maximum absolute atomic E-state index is 13.2. The third-order valence-corrected chi connectivity index (χ3v) is 7.18. The highest BCUT2D eigenvalue weighted by atomic mass is 32.2. The zero-order chi connectivity index (χ0) is 19.9. The van der Waals surface area contributed by atoms with Gasteiger partial charge in [0.05, 0.1) is 10.6 Å². The van der Waals surface area contributed by atoms with Gasteiger partial charge in [-0.15, -0.1) is 0 Å². The zero-order valence-electron chi connectivity index (χ0n) is 16.1. The number of rotatable bonds is 3. The summed E-state index contributed by atoms with van der Waals surface area (Å²) in [6.45, 7) is 5.47. The summed E-state index contributed by atoms with van der Waals surface area (Å²) in [5.41, 5.74) is 2.61. The molecule has 0 atom stereocenters. The lowest BCUT2D eigenvalue weighted by atomic mass is 10.0. The van der Waals surface area contributed by atoms with E-state index in [1.54, 1.807) is 23.1 Å². The Hall–Kier alpha value is -2.60. The van der Waals surface area contributed by atoms with Crippen molar-refractivity contribution in [1.29, 1.82) is 0 Å². The fraction of sp³-hybridized carbons (Fsp3) is 0.318. The molecule has 0 unspecified atom stereocenters. The van der Waals surface area contributed by atoms with Crippen LogP contribution in [0.1, 0.15) is 38.2 Å².